The number of carboxylic acids is 1. The molecule has 1 atom stereocenters. The molecule has 4 heteroatoms. The second-order valence-electron chi connectivity index (χ2n) is 7.94. The highest BCUT2D eigenvalue weighted by Crippen LogP contribution is 2.16. The highest BCUT2D eigenvalue weighted by Gasteiger charge is 2.21. The van der Waals surface area contributed by atoms with Gasteiger partial charge in [0.25, 0.3) is 0 Å². The Bertz CT molecular complexity index is 442. The van der Waals surface area contributed by atoms with E-state index in [1.165, 1.54) is 63.9 Å². The second-order valence-corrected chi connectivity index (χ2v) is 7.94. The lowest BCUT2D eigenvalue weighted by molar-refractivity contribution is -0.151. The number of aliphatic carboxylic acids is 1. The number of ether oxygens (including phenoxy) is 1. The maximum absolute atomic E-state index is 11.5. The van der Waals surface area contributed by atoms with Gasteiger partial charge in [-0.25, -0.2) is 0 Å². The number of rotatable bonds is 21. The summed E-state index contributed by atoms with van der Waals surface area (Å²) in [6.45, 7) is 5.87. The zero-order chi connectivity index (χ0) is 21.6. The Morgan fingerprint density at radius 3 is 1.90 bits per heavy atom. The Balaban J connectivity index is 3.53. The third-order valence-corrected chi connectivity index (χ3v) is 5.19. The Morgan fingerprint density at radius 1 is 0.862 bits per heavy atom. The fourth-order valence-corrected chi connectivity index (χ4v) is 3.36. The van der Waals surface area contributed by atoms with E-state index >= 15 is 0 Å². The van der Waals surface area contributed by atoms with E-state index in [1.54, 1.807) is 0 Å². The van der Waals surface area contributed by atoms with Crippen LogP contribution in [0.5, 0.6) is 0 Å². The van der Waals surface area contributed by atoms with Crippen LogP contribution in [0, 0.1) is 5.92 Å². The summed E-state index contributed by atoms with van der Waals surface area (Å²) in [5, 5.41) is 9.24. The van der Waals surface area contributed by atoms with Gasteiger partial charge in [0, 0.05) is 0 Å². The first-order chi connectivity index (χ1) is 14.1. The molecule has 0 aromatic rings. The predicted octanol–water partition coefficient (Wildman–Crippen LogP) is 7.23. The van der Waals surface area contributed by atoms with Crippen molar-refractivity contribution in [3.05, 3.63) is 24.8 Å². The summed E-state index contributed by atoms with van der Waals surface area (Å²) in [7, 11) is 0. The van der Waals surface area contributed by atoms with Crippen molar-refractivity contribution < 1.29 is 19.4 Å². The maximum atomic E-state index is 11.5. The molecule has 0 amide bonds. The van der Waals surface area contributed by atoms with E-state index in [0.717, 1.165) is 32.1 Å². The SMILES string of the molecule is C=CCOC(=O)CC(CCCCCC/C=C/CCCCCCCCCC)C(=O)O. The minimum atomic E-state index is -0.913. The Morgan fingerprint density at radius 2 is 1.38 bits per heavy atom. The average molecular weight is 409 g/mol. The quantitative estimate of drug-likeness (QED) is 0.124. The van der Waals surface area contributed by atoms with Crippen LogP contribution in [-0.4, -0.2) is 23.7 Å². The van der Waals surface area contributed by atoms with Crippen LogP contribution in [0.25, 0.3) is 0 Å². The molecule has 0 aromatic carbocycles. The lowest BCUT2D eigenvalue weighted by Crippen LogP contribution is -2.19. The number of carbonyl (C=O) groups is 2. The van der Waals surface area contributed by atoms with Crippen molar-refractivity contribution in [2.24, 2.45) is 5.92 Å². The molecule has 0 aliphatic heterocycles. The molecular formula is C25H44O4. The van der Waals surface area contributed by atoms with Crippen LogP contribution < -0.4 is 0 Å². The highest BCUT2D eigenvalue weighted by molar-refractivity contribution is 5.78. The van der Waals surface area contributed by atoms with Gasteiger partial charge in [-0.2, -0.15) is 0 Å². The van der Waals surface area contributed by atoms with Gasteiger partial charge in [0.05, 0.1) is 12.3 Å². The Kier molecular flexibility index (Phi) is 20.0. The standard InChI is InChI=1S/C25H44O4/c1-3-5-6-7-8-9-10-11-12-13-14-15-16-17-18-19-20-23(25(27)28)22-24(26)29-21-4-2/h4,13-14,23H,2-3,5-12,15-22H2,1H3,(H,27,28)/b14-13+. The lowest BCUT2D eigenvalue weighted by Gasteiger charge is -2.11. The number of esters is 1. The number of carboxylic acid groups (broad SMARTS) is 1. The number of carbonyl (C=O) groups excluding carboxylic acids is 1. The van der Waals surface area contributed by atoms with Gasteiger partial charge in [-0.15, -0.1) is 0 Å². The predicted molar refractivity (Wildman–Crippen MR) is 121 cm³/mol. The monoisotopic (exact) mass is 408 g/mol. The Labute approximate surface area is 178 Å². The minimum Gasteiger partial charge on any atom is -0.481 e. The van der Waals surface area contributed by atoms with Crippen LogP contribution in [0.1, 0.15) is 110 Å². The van der Waals surface area contributed by atoms with Gasteiger partial charge in [0.15, 0.2) is 0 Å². The molecule has 168 valence electrons. The molecule has 0 aromatic heterocycles. The second kappa shape index (κ2) is 21.1. The van der Waals surface area contributed by atoms with Crippen molar-refractivity contribution in [3.8, 4) is 0 Å². The van der Waals surface area contributed by atoms with Crippen molar-refractivity contribution in [1.29, 1.82) is 0 Å². The van der Waals surface area contributed by atoms with Crippen molar-refractivity contribution in [2.45, 2.75) is 110 Å². The van der Waals surface area contributed by atoms with Gasteiger partial charge in [-0.3, -0.25) is 9.59 Å². The summed E-state index contributed by atoms with van der Waals surface area (Å²) in [6, 6.07) is 0. The topological polar surface area (TPSA) is 63.6 Å². The summed E-state index contributed by atoms with van der Waals surface area (Å²) in [5.41, 5.74) is 0. The van der Waals surface area contributed by atoms with E-state index in [-0.39, 0.29) is 13.0 Å². The van der Waals surface area contributed by atoms with Gasteiger partial charge in [-0.05, 0) is 32.1 Å². The molecule has 0 saturated heterocycles. The van der Waals surface area contributed by atoms with E-state index in [0.29, 0.717) is 6.42 Å². The van der Waals surface area contributed by atoms with E-state index in [4.69, 9.17) is 4.74 Å². The van der Waals surface area contributed by atoms with Crippen LogP contribution in [0.2, 0.25) is 0 Å². The van der Waals surface area contributed by atoms with Gasteiger partial charge in [0.1, 0.15) is 6.61 Å². The average Bonchev–Trinajstić information content (AvgIpc) is 2.70. The summed E-state index contributed by atoms with van der Waals surface area (Å²) < 4.78 is 4.88. The molecule has 0 aliphatic carbocycles. The zero-order valence-electron chi connectivity index (χ0n) is 18.7. The third-order valence-electron chi connectivity index (χ3n) is 5.19. The molecule has 0 fully saturated rings. The third kappa shape index (κ3) is 19.5. The molecule has 29 heavy (non-hydrogen) atoms. The van der Waals surface area contributed by atoms with Crippen molar-refractivity contribution in [1.82, 2.24) is 0 Å². The molecule has 4 nitrogen and oxygen atoms in total. The number of allylic oxidation sites excluding steroid dienone is 2. The maximum Gasteiger partial charge on any atom is 0.307 e. The van der Waals surface area contributed by atoms with Crippen molar-refractivity contribution in [2.75, 3.05) is 6.61 Å². The van der Waals surface area contributed by atoms with E-state index in [2.05, 4.69) is 25.7 Å². The first-order valence-electron chi connectivity index (χ1n) is 11.8. The smallest absolute Gasteiger partial charge is 0.307 e. The summed E-state index contributed by atoms with van der Waals surface area (Å²) in [5.74, 6) is -2.01. The zero-order valence-corrected chi connectivity index (χ0v) is 18.7. The first kappa shape index (κ1) is 27.4. The molecular weight excluding hydrogens is 364 g/mol. The molecule has 0 heterocycles. The number of hydrogen-bond acceptors (Lipinski definition) is 3. The van der Waals surface area contributed by atoms with Gasteiger partial charge in [-0.1, -0.05) is 95.9 Å². The fourth-order valence-electron chi connectivity index (χ4n) is 3.36. The fraction of sp³-hybridized carbons (Fsp3) is 0.760. The summed E-state index contributed by atoms with van der Waals surface area (Å²) in [6.07, 6.45) is 23.9. The molecule has 0 aliphatic rings. The molecule has 0 radical (unpaired) electrons. The molecule has 1 unspecified atom stereocenters. The Hall–Kier alpha value is -1.58. The number of unbranched alkanes of at least 4 members (excludes halogenated alkanes) is 12. The lowest BCUT2D eigenvalue weighted by atomic mass is 9.97. The molecule has 0 bridgehead atoms. The summed E-state index contributed by atoms with van der Waals surface area (Å²) in [4.78, 5) is 22.8. The van der Waals surface area contributed by atoms with Crippen molar-refractivity contribution in [3.63, 3.8) is 0 Å². The van der Waals surface area contributed by atoms with Gasteiger partial charge < -0.3 is 9.84 Å². The van der Waals surface area contributed by atoms with Crippen LogP contribution in [0.4, 0.5) is 0 Å². The van der Waals surface area contributed by atoms with Crippen LogP contribution in [0.15, 0.2) is 24.8 Å². The van der Waals surface area contributed by atoms with E-state index in [9.17, 15) is 14.7 Å². The molecule has 0 saturated carbocycles. The molecule has 0 spiro atoms. The summed E-state index contributed by atoms with van der Waals surface area (Å²) >= 11 is 0. The largest absolute Gasteiger partial charge is 0.481 e. The first-order valence-corrected chi connectivity index (χ1v) is 11.8. The van der Waals surface area contributed by atoms with E-state index in [1.807, 2.05) is 0 Å². The van der Waals surface area contributed by atoms with Gasteiger partial charge >= 0.3 is 11.9 Å². The molecule has 0 rings (SSSR count). The van der Waals surface area contributed by atoms with Crippen molar-refractivity contribution >= 4 is 11.9 Å². The normalized spacial score (nSPS) is 12.2. The molecule has 1 N–H and O–H groups in total. The minimum absolute atomic E-state index is 0.0509. The van der Waals surface area contributed by atoms with Crippen LogP contribution >= 0.6 is 0 Å². The van der Waals surface area contributed by atoms with Crippen LogP contribution in [0.3, 0.4) is 0 Å². The highest BCUT2D eigenvalue weighted by atomic mass is 16.5. The van der Waals surface area contributed by atoms with Crippen LogP contribution in [-0.2, 0) is 14.3 Å². The van der Waals surface area contributed by atoms with E-state index < -0.39 is 17.9 Å². The number of hydrogen-bond donors (Lipinski definition) is 1. The van der Waals surface area contributed by atoms with Gasteiger partial charge in [0.2, 0.25) is 0 Å².